The van der Waals surface area contributed by atoms with Crippen LogP contribution in [0.25, 0.3) is 0 Å². The van der Waals surface area contributed by atoms with Crippen LogP contribution in [0.2, 0.25) is 0 Å². The maximum absolute atomic E-state index is 11.6. The summed E-state index contributed by atoms with van der Waals surface area (Å²) in [5, 5.41) is 3.36. The van der Waals surface area contributed by atoms with Gasteiger partial charge in [0, 0.05) is 44.3 Å². The van der Waals surface area contributed by atoms with Crippen LogP contribution >= 0.6 is 0 Å². The van der Waals surface area contributed by atoms with E-state index in [2.05, 4.69) is 57.1 Å². The highest BCUT2D eigenvalue weighted by Gasteiger charge is 2.26. The van der Waals surface area contributed by atoms with Gasteiger partial charge in [-0.3, -0.25) is 9.89 Å². The van der Waals surface area contributed by atoms with Crippen molar-refractivity contribution < 1.29 is 8.42 Å². The zero-order chi connectivity index (χ0) is 21.5. The summed E-state index contributed by atoms with van der Waals surface area (Å²) in [4.78, 5) is 9.55. The predicted octanol–water partition coefficient (Wildman–Crippen LogP) is 2.05. The quantitative estimate of drug-likeness (QED) is 0.494. The molecule has 0 radical (unpaired) electrons. The van der Waals surface area contributed by atoms with E-state index in [1.54, 1.807) is 0 Å². The monoisotopic (exact) mass is 423 g/mol. The SMILES string of the molecule is CCNC(=NCC(C)(C)NS(C)(=O)=O)N1CCN(C(CC)c2ccccc2)CC1. The topological polar surface area (TPSA) is 77.0 Å². The van der Waals surface area contributed by atoms with Crippen molar-refractivity contribution >= 4 is 16.0 Å². The molecule has 1 aliphatic heterocycles. The minimum atomic E-state index is -3.27. The largest absolute Gasteiger partial charge is 0.357 e. The Morgan fingerprint density at radius 1 is 1.14 bits per heavy atom. The molecule has 1 saturated heterocycles. The first kappa shape index (κ1) is 23.6. The average molecular weight is 424 g/mol. The standard InChI is InChI=1S/C21H37N5O2S/c1-6-19(18-11-9-8-10-12-18)25-13-15-26(16-14-25)20(22-7-2)23-17-21(3,4)24-29(5,27)28/h8-12,19,24H,6-7,13-17H2,1-5H3,(H,22,23). The molecule has 0 bridgehead atoms. The molecule has 164 valence electrons. The maximum Gasteiger partial charge on any atom is 0.209 e. The molecule has 1 heterocycles. The second-order valence-electron chi connectivity index (χ2n) is 8.29. The number of hydrogen-bond donors (Lipinski definition) is 2. The Morgan fingerprint density at radius 2 is 1.76 bits per heavy atom. The van der Waals surface area contributed by atoms with Crippen molar-refractivity contribution in [2.24, 2.45) is 4.99 Å². The molecule has 1 aromatic rings. The molecule has 0 aliphatic carbocycles. The Bertz CT molecular complexity index is 757. The highest BCUT2D eigenvalue weighted by molar-refractivity contribution is 7.88. The number of hydrogen-bond acceptors (Lipinski definition) is 4. The summed E-state index contributed by atoms with van der Waals surface area (Å²) >= 11 is 0. The number of piperazine rings is 1. The second kappa shape index (κ2) is 10.4. The second-order valence-corrected chi connectivity index (χ2v) is 10.0. The molecule has 8 heteroatoms. The van der Waals surface area contributed by atoms with Crippen molar-refractivity contribution in [3.63, 3.8) is 0 Å². The number of aliphatic imine (C=N–C) groups is 1. The molecule has 1 unspecified atom stereocenters. The van der Waals surface area contributed by atoms with Gasteiger partial charge in [-0.25, -0.2) is 13.1 Å². The zero-order valence-corrected chi connectivity index (χ0v) is 19.3. The van der Waals surface area contributed by atoms with Crippen molar-refractivity contribution in [2.45, 2.75) is 45.7 Å². The van der Waals surface area contributed by atoms with Crippen molar-refractivity contribution in [1.82, 2.24) is 19.8 Å². The molecule has 1 aromatic carbocycles. The van der Waals surface area contributed by atoms with Crippen LogP contribution in [0.3, 0.4) is 0 Å². The van der Waals surface area contributed by atoms with Gasteiger partial charge in [-0.15, -0.1) is 0 Å². The molecule has 0 spiro atoms. The van der Waals surface area contributed by atoms with Gasteiger partial charge in [0.25, 0.3) is 0 Å². The summed E-state index contributed by atoms with van der Waals surface area (Å²) in [5.41, 5.74) is 0.745. The molecule has 0 amide bonds. The molecule has 0 saturated carbocycles. The van der Waals surface area contributed by atoms with E-state index in [0.717, 1.165) is 45.1 Å². The van der Waals surface area contributed by atoms with Gasteiger partial charge in [0.05, 0.1) is 12.8 Å². The Labute approximate surface area is 176 Å². The fraction of sp³-hybridized carbons (Fsp3) is 0.667. The molecule has 1 fully saturated rings. The third-order valence-electron chi connectivity index (χ3n) is 5.05. The van der Waals surface area contributed by atoms with Crippen molar-refractivity contribution in [3.05, 3.63) is 35.9 Å². The molecule has 0 aromatic heterocycles. The van der Waals surface area contributed by atoms with Gasteiger partial charge in [0.1, 0.15) is 0 Å². The molecule has 1 aliphatic rings. The Hall–Kier alpha value is -1.64. The van der Waals surface area contributed by atoms with Crippen molar-refractivity contribution in [3.8, 4) is 0 Å². The third-order valence-corrected chi connectivity index (χ3v) is 5.97. The number of sulfonamides is 1. The van der Waals surface area contributed by atoms with E-state index in [0.29, 0.717) is 12.6 Å². The summed E-state index contributed by atoms with van der Waals surface area (Å²) in [5.74, 6) is 0.850. The van der Waals surface area contributed by atoms with Gasteiger partial charge in [0.15, 0.2) is 5.96 Å². The number of rotatable bonds is 8. The van der Waals surface area contributed by atoms with E-state index >= 15 is 0 Å². The third kappa shape index (κ3) is 7.60. The van der Waals surface area contributed by atoms with Crippen molar-refractivity contribution in [1.29, 1.82) is 0 Å². The fourth-order valence-corrected chi connectivity index (χ4v) is 4.93. The maximum atomic E-state index is 11.6. The molecule has 1 atom stereocenters. The lowest BCUT2D eigenvalue weighted by Gasteiger charge is -2.40. The van der Waals surface area contributed by atoms with E-state index < -0.39 is 15.6 Å². The van der Waals surface area contributed by atoms with Gasteiger partial charge in [-0.05, 0) is 32.8 Å². The van der Waals surface area contributed by atoms with Crippen LogP contribution in [0.1, 0.15) is 45.7 Å². The first-order chi connectivity index (χ1) is 13.6. The van der Waals surface area contributed by atoms with Crippen LogP contribution in [0.4, 0.5) is 0 Å². The van der Waals surface area contributed by atoms with Crippen LogP contribution in [-0.4, -0.2) is 75.2 Å². The Balaban J connectivity index is 2.02. The van der Waals surface area contributed by atoms with E-state index in [1.165, 1.54) is 11.8 Å². The first-order valence-electron chi connectivity index (χ1n) is 10.5. The van der Waals surface area contributed by atoms with Gasteiger partial charge >= 0.3 is 0 Å². The predicted molar refractivity (Wildman–Crippen MR) is 121 cm³/mol. The van der Waals surface area contributed by atoms with Gasteiger partial charge < -0.3 is 10.2 Å². The van der Waals surface area contributed by atoms with Crippen LogP contribution in [-0.2, 0) is 10.0 Å². The number of nitrogens with zero attached hydrogens (tertiary/aromatic N) is 3. The van der Waals surface area contributed by atoms with E-state index in [-0.39, 0.29) is 0 Å². The lowest BCUT2D eigenvalue weighted by Crippen LogP contribution is -2.53. The van der Waals surface area contributed by atoms with Crippen LogP contribution in [0.15, 0.2) is 35.3 Å². The normalized spacial score (nSPS) is 18.0. The van der Waals surface area contributed by atoms with Gasteiger partial charge in [-0.1, -0.05) is 37.3 Å². The van der Waals surface area contributed by atoms with Crippen molar-refractivity contribution in [2.75, 3.05) is 45.5 Å². The summed E-state index contributed by atoms with van der Waals surface area (Å²) in [7, 11) is -3.27. The van der Waals surface area contributed by atoms with Crippen LogP contribution in [0, 0.1) is 0 Å². The zero-order valence-electron chi connectivity index (χ0n) is 18.5. The highest BCUT2D eigenvalue weighted by Crippen LogP contribution is 2.25. The smallest absolute Gasteiger partial charge is 0.209 e. The van der Waals surface area contributed by atoms with Gasteiger partial charge in [-0.2, -0.15) is 0 Å². The van der Waals surface area contributed by atoms with E-state index in [9.17, 15) is 8.42 Å². The van der Waals surface area contributed by atoms with Gasteiger partial charge in [0.2, 0.25) is 10.0 Å². The van der Waals surface area contributed by atoms with Crippen LogP contribution in [0.5, 0.6) is 0 Å². The Morgan fingerprint density at radius 3 is 2.28 bits per heavy atom. The van der Waals surface area contributed by atoms with E-state index in [1.807, 2.05) is 20.8 Å². The van der Waals surface area contributed by atoms with E-state index in [4.69, 9.17) is 4.99 Å². The molecular formula is C21H37N5O2S. The highest BCUT2D eigenvalue weighted by atomic mass is 32.2. The van der Waals surface area contributed by atoms with Crippen LogP contribution < -0.4 is 10.0 Å². The lowest BCUT2D eigenvalue weighted by atomic mass is 10.0. The summed E-state index contributed by atoms with van der Waals surface area (Å²) in [6.07, 6.45) is 2.27. The molecular weight excluding hydrogens is 386 g/mol. The minimum absolute atomic E-state index is 0.379. The summed E-state index contributed by atoms with van der Waals surface area (Å²) in [6, 6.07) is 11.1. The number of nitrogens with one attached hydrogen (secondary N) is 2. The number of benzene rings is 1. The Kier molecular flexibility index (Phi) is 8.48. The fourth-order valence-electron chi connectivity index (χ4n) is 3.86. The molecule has 7 nitrogen and oxygen atoms in total. The summed E-state index contributed by atoms with van der Waals surface area (Å²) in [6.45, 7) is 12.9. The lowest BCUT2D eigenvalue weighted by molar-refractivity contribution is 0.127. The minimum Gasteiger partial charge on any atom is -0.357 e. The first-order valence-corrected chi connectivity index (χ1v) is 12.4. The molecule has 2 N–H and O–H groups in total. The average Bonchev–Trinajstić information content (AvgIpc) is 2.65. The summed E-state index contributed by atoms with van der Waals surface area (Å²) < 4.78 is 25.8. The molecule has 29 heavy (non-hydrogen) atoms. The number of guanidine groups is 1. The molecule has 2 rings (SSSR count).